The smallest absolute Gasteiger partial charge is 0.483 e. The van der Waals surface area contributed by atoms with E-state index in [9.17, 15) is 8.78 Å². The molecule has 0 unspecified atom stereocenters. The van der Waals surface area contributed by atoms with Crippen LogP contribution in [0.4, 0.5) is 8.78 Å². The largest absolute Gasteiger partial charge is 0.536 e. The van der Waals surface area contributed by atoms with Crippen molar-refractivity contribution in [1.82, 2.24) is 0 Å². The zero-order valence-electron chi connectivity index (χ0n) is 16.0. The lowest BCUT2D eigenvalue weighted by atomic mass is 10.1. The third-order valence-corrected chi connectivity index (χ3v) is 6.72. The lowest BCUT2D eigenvalue weighted by molar-refractivity contribution is 0.140. The standard InChI is InChI=1S/C20H18F2N2O4Si/c1-25-29(26-2,27-3)17-6-4-14(5-7-17)13-28-20-18(21)9-15(10-19(20)22)8-16(11-23)12-24/h4-10H,13H2,1-3H3. The second-order valence-corrected chi connectivity index (χ2v) is 8.66. The molecule has 0 fully saturated rings. The second-order valence-electron chi connectivity index (χ2n) is 5.75. The molecule has 29 heavy (non-hydrogen) atoms. The summed E-state index contributed by atoms with van der Waals surface area (Å²) in [4.78, 5) is 0. The normalized spacial score (nSPS) is 10.7. The molecule has 0 aromatic heterocycles. The number of benzene rings is 2. The Morgan fingerprint density at radius 2 is 1.48 bits per heavy atom. The molecule has 2 aromatic carbocycles. The van der Waals surface area contributed by atoms with Crippen LogP contribution in [-0.4, -0.2) is 30.1 Å². The van der Waals surface area contributed by atoms with Gasteiger partial charge in [-0.1, -0.05) is 24.3 Å². The third kappa shape index (κ3) is 5.05. The summed E-state index contributed by atoms with van der Waals surface area (Å²) < 4.78 is 49.9. The van der Waals surface area contributed by atoms with Crippen LogP contribution in [0.2, 0.25) is 0 Å². The molecule has 0 aliphatic rings. The van der Waals surface area contributed by atoms with Gasteiger partial charge in [-0.05, 0) is 29.3 Å². The van der Waals surface area contributed by atoms with E-state index in [1.54, 1.807) is 36.4 Å². The minimum atomic E-state index is -2.96. The van der Waals surface area contributed by atoms with Gasteiger partial charge < -0.3 is 18.0 Å². The van der Waals surface area contributed by atoms with Crippen LogP contribution in [0, 0.1) is 34.3 Å². The van der Waals surface area contributed by atoms with Gasteiger partial charge in [0, 0.05) is 26.5 Å². The molecule has 0 N–H and O–H groups in total. The molecule has 0 bridgehead atoms. The summed E-state index contributed by atoms with van der Waals surface area (Å²) in [5, 5.41) is 18.2. The lowest BCUT2D eigenvalue weighted by Crippen LogP contribution is -2.54. The molecule has 0 aliphatic carbocycles. The molecule has 0 saturated heterocycles. The molecule has 0 spiro atoms. The molecule has 2 rings (SSSR count). The first-order chi connectivity index (χ1) is 13.9. The molecule has 0 aliphatic heterocycles. The van der Waals surface area contributed by atoms with Crippen LogP contribution in [-0.2, 0) is 19.9 Å². The molecule has 0 atom stereocenters. The number of rotatable bonds is 8. The summed E-state index contributed by atoms with van der Waals surface area (Å²) in [5.41, 5.74) is 0.453. The first kappa shape index (κ1) is 22.2. The van der Waals surface area contributed by atoms with E-state index >= 15 is 0 Å². The van der Waals surface area contributed by atoms with Crippen LogP contribution < -0.4 is 9.92 Å². The molecule has 0 radical (unpaired) electrons. The quantitative estimate of drug-likeness (QED) is 0.486. The van der Waals surface area contributed by atoms with E-state index in [1.807, 2.05) is 0 Å². The number of hydrogen-bond donors (Lipinski definition) is 0. The second kappa shape index (κ2) is 9.91. The molecular formula is C20H18F2N2O4Si. The minimum absolute atomic E-state index is 0.0507. The Balaban J connectivity index is 2.17. The van der Waals surface area contributed by atoms with E-state index in [-0.39, 0.29) is 17.7 Å². The summed E-state index contributed by atoms with van der Waals surface area (Å²) in [6.45, 7) is -0.0769. The predicted molar refractivity (Wildman–Crippen MR) is 103 cm³/mol. The van der Waals surface area contributed by atoms with Crippen LogP contribution in [0.15, 0.2) is 42.0 Å². The third-order valence-electron chi connectivity index (χ3n) is 4.07. The highest BCUT2D eigenvalue weighted by atomic mass is 28.4. The van der Waals surface area contributed by atoms with Crippen molar-refractivity contribution in [1.29, 1.82) is 10.5 Å². The monoisotopic (exact) mass is 416 g/mol. The average molecular weight is 416 g/mol. The molecule has 150 valence electrons. The molecule has 2 aromatic rings. The maximum Gasteiger partial charge on any atom is 0.536 e. The summed E-state index contributed by atoms with van der Waals surface area (Å²) >= 11 is 0. The summed E-state index contributed by atoms with van der Waals surface area (Å²) in [6, 6.07) is 12.2. The number of halogens is 2. The van der Waals surface area contributed by atoms with Crippen molar-refractivity contribution in [2.75, 3.05) is 21.3 Å². The molecule has 6 nitrogen and oxygen atoms in total. The van der Waals surface area contributed by atoms with Crippen LogP contribution in [0.5, 0.6) is 5.75 Å². The molecular weight excluding hydrogens is 398 g/mol. The first-order valence-corrected chi connectivity index (χ1v) is 10.0. The fourth-order valence-electron chi connectivity index (χ4n) is 2.62. The van der Waals surface area contributed by atoms with E-state index in [1.165, 1.54) is 21.3 Å². The minimum Gasteiger partial charge on any atom is -0.483 e. The van der Waals surface area contributed by atoms with Crippen molar-refractivity contribution in [2.45, 2.75) is 6.61 Å². The highest BCUT2D eigenvalue weighted by molar-refractivity contribution is 6.75. The van der Waals surface area contributed by atoms with Gasteiger partial charge in [0.15, 0.2) is 17.4 Å². The van der Waals surface area contributed by atoms with Gasteiger partial charge in [0.1, 0.15) is 24.3 Å². The van der Waals surface area contributed by atoms with Gasteiger partial charge in [-0.2, -0.15) is 10.5 Å². The maximum absolute atomic E-state index is 14.2. The Bertz CT molecular complexity index is 930. The van der Waals surface area contributed by atoms with Crippen molar-refractivity contribution in [3.05, 3.63) is 64.7 Å². The number of hydrogen-bond acceptors (Lipinski definition) is 6. The number of ether oxygens (including phenoxy) is 1. The topological polar surface area (TPSA) is 84.5 Å². The van der Waals surface area contributed by atoms with Gasteiger partial charge in [-0.3, -0.25) is 0 Å². The van der Waals surface area contributed by atoms with Crippen LogP contribution in [0.1, 0.15) is 11.1 Å². The van der Waals surface area contributed by atoms with Crippen molar-refractivity contribution in [3.8, 4) is 17.9 Å². The Morgan fingerprint density at radius 3 is 1.93 bits per heavy atom. The lowest BCUT2D eigenvalue weighted by Gasteiger charge is -2.24. The number of nitriles is 2. The van der Waals surface area contributed by atoms with Crippen LogP contribution in [0.3, 0.4) is 0 Å². The van der Waals surface area contributed by atoms with E-state index in [0.717, 1.165) is 23.4 Å². The van der Waals surface area contributed by atoms with E-state index in [0.29, 0.717) is 5.56 Å². The SMILES string of the molecule is CO[Si](OC)(OC)c1ccc(COc2c(F)cc(C=C(C#N)C#N)cc2F)cc1. The molecule has 9 heteroatoms. The van der Waals surface area contributed by atoms with Gasteiger partial charge in [-0.15, -0.1) is 0 Å². The molecule has 0 amide bonds. The van der Waals surface area contributed by atoms with Crippen molar-refractivity contribution >= 4 is 20.1 Å². The Hall–Kier alpha value is -3.08. The predicted octanol–water partition coefficient (Wildman–Crippen LogP) is 3.06. The fraction of sp³-hybridized carbons (Fsp3) is 0.200. The Kier molecular flexibility index (Phi) is 7.59. The summed E-state index contributed by atoms with van der Waals surface area (Å²) in [6.07, 6.45) is 1.09. The summed E-state index contributed by atoms with van der Waals surface area (Å²) in [5.74, 6) is -2.42. The van der Waals surface area contributed by atoms with Gasteiger partial charge in [0.2, 0.25) is 0 Å². The zero-order valence-corrected chi connectivity index (χ0v) is 17.0. The first-order valence-electron chi connectivity index (χ1n) is 8.31. The van der Waals surface area contributed by atoms with E-state index in [2.05, 4.69) is 0 Å². The highest BCUT2D eigenvalue weighted by Gasteiger charge is 2.40. The number of nitrogens with zero attached hydrogens (tertiary/aromatic N) is 2. The van der Waals surface area contributed by atoms with Gasteiger partial charge >= 0.3 is 8.80 Å². The summed E-state index contributed by atoms with van der Waals surface area (Å²) in [7, 11) is 1.53. The fourth-order valence-corrected chi connectivity index (χ4v) is 4.40. The Morgan fingerprint density at radius 1 is 0.966 bits per heavy atom. The van der Waals surface area contributed by atoms with Crippen molar-refractivity contribution in [3.63, 3.8) is 0 Å². The van der Waals surface area contributed by atoms with Crippen LogP contribution in [0.25, 0.3) is 6.08 Å². The van der Waals surface area contributed by atoms with E-state index in [4.69, 9.17) is 28.5 Å². The molecule has 0 heterocycles. The Labute approximate surface area is 168 Å². The van der Waals surface area contributed by atoms with Crippen LogP contribution >= 0.6 is 0 Å². The maximum atomic E-state index is 14.2. The van der Waals surface area contributed by atoms with Gasteiger partial charge in [0.25, 0.3) is 0 Å². The van der Waals surface area contributed by atoms with Crippen molar-refractivity contribution in [2.24, 2.45) is 0 Å². The highest BCUT2D eigenvalue weighted by Crippen LogP contribution is 2.25. The average Bonchev–Trinajstić information content (AvgIpc) is 2.74. The molecule has 0 saturated carbocycles. The van der Waals surface area contributed by atoms with Crippen molar-refractivity contribution < 1.29 is 26.8 Å². The van der Waals surface area contributed by atoms with Gasteiger partial charge in [0.05, 0.1) is 0 Å². The zero-order chi connectivity index (χ0) is 21.4. The number of allylic oxidation sites excluding steroid dienone is 1. The van der Waals surface area contributed by atoms with Gasteiger partial charge in [-0.25, -0.2) is 8.78 Å². The van der Waals surface area contributed by atoms with E-state index < -0.39 is 26.2 Å².